The van der Waals surface area contributed by atoms with Crippen LogP contribution in [0, 0.1) is 10.8 Å². The van der Waals surface area contributed by atoms with Crippen molar-refractivity contribution in [3.05, 3.63) is 34.2 Å². The van der Waals surface area contributed by atoms with Crippen molar-refractivity contribution in [3.63, 3.8) is 0 Å². The van der Waals surface area contributed by atoms with Crippen molar-refractivity contribution in [2.24, 2.45) is 11.3 Å². The standard InChI is InChI=1S/C9H7NO2S.C5H11NO2/c1-12-9(11)6-3-2-4-7-8(6)13-5-10-7;1-5(2)3-4-8-6-7/h2-5H,1H3;5H,3-4H2,1-2H3. The Balaban J connectivity index is 0.000000240. The maximum atomic E-state index is 11.3. The van der Waals surface area contributed by atoms with Crippen LogP contribution in [0.4, 0.5) is 0 Å². The van der Waals surface area contributed by atoms with Crippen LogP contribution in [0.2, 0.25) is 0 Å². The minimum absolute atomic E-state index is 0.310. The smallest absolute Gasteiger partial charge is 0.339 e. The maximum absolute atomic E-state index is 11.3. The number of hydrogen-bond acceptors (Lipinski definition) is 7. The summed E-state index contributed by atoms with van der Waals surface area (Å²) in [6.45, 7) is 4.57. The molecule has 114 valence electrons. The molecule has 21 heavy (non-hydrogen) atoms. The average Bonchev–Trinajstić information content (AvgIpc) is 2.95. The second-order valence-corrected chi connectivity index (χ2v) is 5.44. The van der Waals surface area contributed by atoms with E-state index in [2.05, 4.69) is 33.7 Å². The summed E-state index contributed by atoms with van der Waals surface area (Å²) in [7, 11) is 1.38. The first kappa shape index (κ1) is 17.0. The van der Waals surface area contributed by atoms with E-state index < -0.39 is 0 Å². The maximum Gasteiger partial charge on any atom is 0.339 e. The molecule has 0 unspecified atom stereocenters. The van der Waals surface area contributed by atoms with Gasteiger partial charge in [-0.25, -0.2) is 9.78 Å². The molecule has 1 aromatic heterocycles. The van der Waals surface area contributed by atoms with Crippen LogP contribution in [0.25, 0.3) is 10.2 Å². The van der Waals surface area contributed by atoms with E-state index in [0.29, 0.717) is 18.1 Å². The van der Waals surface area contributed by atoms with Crippen LogP contribution in [0.15, 0.2) is 29.0 Å². The van der Waals surface area contributed by atoms with Gasteiger partial charge in [0, 0.05) is 0 Å². The number of carbonyl (C=O) groups is 1. The molecule has 7 heteroatoms. The van der Waals surface area contributed by atoms with E-state index in [1.807, 2.05) is 6.07 Å². The molecule has 0 N–H and O–H groups in total. The lowest BCUT2D eigenvalue weighted by molar-refractivity contribution is 0.0603. The second-order valence-electron chi connectivity index (χ2n) is 4.59. The third-order valence-corrected chi connectivity index (χ3v) is 3.48. The van der Waals surface area contributed by atoms with Crippen molar-refractivity contribution in [2.45, 2.75) is 20.3 Å². The predicted molar refractivity (Wildman–Crippen MR) is 82.2 cm³/mol. The Hall–Kier alpha value is -2.02. The van der Waals surface area contributed by atoms with Crippen LogP contribution in [-0.4, -0.2) is 24.7 Å². The highest BCUT2D eigenvalue weighted by Crippen LogP contribution is 2.22. The molecule has 6 nitrogen and oxygen atoms in total. The number of nitrogens with zero attached hydrogens (tertiary/aromatic N) is 2. The first-order chi connectivity index (χ1) is 10.1. The fourth-order valence-electron chi connectivity index (χ4n) is 1.48. The molecule has 0 radical (unpaired) electrons. The van der Waals surface area contributed by atoms with Crippen LogP contribution in [0.3, 0.4) is 0 Å². The molecule has 0 atom stereocenters. The quantitative estimate of drug-likeness (QED) is 0.363. The van der Waals surface area contributed by atoms with Gasteiger partial charge in [0.25, 0.3) is 0 Å². The molecule has 2 rings (SSSR count). The minimum Gasteiger partial charge on any atom is -0.465 e. The Morgan fingerprint density at radius 1 is 1.43 bits per heavy atom. The monoisotopic (exact) mass is 310 g/mol. The van der Waals surface area contributed by atoms with Crippen molar-refractivity contribution in [3.8, 4) is 0 Å². The fraction of sp³-hybridized carbons (Fsp3) is 0.429. The van der Waals surface area contributed by atoms with Crippen LogP contribution >= 0.6 is 11.3 Å². The highest BCUT2D eigenvalue weighted by atomic mass is 32.1. The number of thiazole rings is 1. The summed E-state index contributed by atoms with van der Waals surface area (Å²) in [5.41, 5.74) is 3.15. The molecule has 0 aliphatic rings. The molecule has 1 aromatic carbocycles. The number of carbonyl (C=O) groups excluding carboxylic acids is 1. The van der Waals surface area contributed by atoms with Crippen LogP contribution in [0.1, 0.15) is 30.6 Å². The number of aromatic nitrogens is 1. The number of hydrogen-bond donors (Lipinski definition) is 0. The van der Waals surface area contributed by atoms with E-state index in [-0.39, 0.29) is 5.97 Å². The van der Waals surface area contributed by atoms with Gasteiger partial charge in [0.15, 0.2) is 5.34 Å². The molecule has 0 aliphatic carbocycles. The normalized spacial score (nSPS) is 9.90. The first-order valence-corrected chi connectivity index (χ1v) is 7.33. The topological polar surface area (TPSA) is 77.9 Å². The average molecular weight is 310 g/mol. The van der Waals surface area contributed by atoms with Crippen molar-refractivity contribution >= 4 is 27.5 Å². The zero-order valence-corrected chi connectivity index (χ0v) is 13.1. The van der Waals surface area contributed by atoms with Gasteiger partial charge in [-0.05, 0) is 24.5 Å². The Labute approximate surface area is 127 Å². The second kappa shape index (κ2) is 9.02. The summed E-state index contributed by atoms with van der Waals surface area (Å²) in [5, 5.41) is 2.26. The van der Waals surface area contributed by atoms with Crippen LogP contribution < -0.4 is 0 Å². The Morgan fingerprint density at radius 2 is 2.19 bits per heavy atom. The summed E-state index contributed by atoms with van der Waals surface area (Å²) < 4.78 is 5.54. The van der Waals surface area contributed by atoms with Crippen molar-refractivity contribution in [1.82, 2.24) is 4.98 Å². The van der Waals surface area contributed by atoms with Gasteiger partial charge in [-0.3, -0.25) is 0 Å². The molecule has 0 saturated heterocycles. The summed E-state index contributed by atoms with van der Waals surface area (Å²) in [6.07, 6.45) is 0.895. The van der Waals surface area contributed by atoms with E-state index in [4.69, 9.17) is 0 Å². The number of fused-ring (bicyclic) bond motifs is 1. The number of benzene rings is 1. The van der Waals surface area contributed by atoms with Gasteiger partial charge in [-0.1, -0.05) is 19.9 Å². The van der Waals surface area contributed by atoms with Gasteiger partial charge in [-0.2, -0.15) is 0 Å². The lowest BCUT2D eigenvalue weighted by atomic mass is 10.1. The Kier molecular flexibility index (Phi) is 7.31. The van der Waals surface area contributed by atoms with Gasteiger partial charge in [0.2, 0.25) is 0 Å². The van der Waals surface area contributed by atoms with Crippen molar-refractivity contribution < 1.29 is 14.4 Å². The molecule has 0 spiro atoms. The van der Waals surface area contributed by atoms with E-state index in [1.165, 1.54) is 18.4 Å². The van der Waals surface area contributed by atoms with Gasteiger partial charge in [0.1, 0.15) is 6.61 Å². The van der Waals surface area contributed by atoms with Crippen LogP contribution in [0.5, 0.6) is 0 Å². The van der Waals surface area contributed by atoms with Gasteiger partial charge in [0.05, 0.1) is 28.4 Å². The SMILES string of the molecule is CC(C)CCON=O.COC(=O)c1cccc2ncsc12. The zero-order chi connectivity index (χ0) is 15.7. The predicted octanol–water partition coefficient (Wildman–Crippen LogP) is 3.81. The number of rotatable bonds is 5. The Bertz CT molecular complexity index is 583. The largest absolute Gasteiger partial charge is 0.465 e. The molecule has 0 fully saturated rings. The van der Waals surface area contributed by atoms with Gasteiger partial charge in [-0.15, -0.1) is 16.2 Å². The van der Waals surface area contributed by atoms with E-state index in [9.17, 15) is 9.70 Å². The van der Waals surface area contributed by atoms with Crippen LogP contribution in [-0.2, 0) is 9.57 Å². The highest BCUT2D eigenvalue weighted by molar-refractivity contribution is 7.17. The molecule has 0 bridgehead atoms. The number of ether oxygens (including phenoxy) is 1. The molecule has 0 aliphatic heterocycles. The molecule has 0 saturated carbocycles. The molecule has 2 aromatic rings. The summed E-state index contributed by atoms with van der Waals surface area (Å²) in [6, 6.07) is 5.42. The summed E-state index contributed by atoms with van der Waals surface area (Å²) in [5.74, 6) is 0.270. The molecular formula is C14H18N2O4S. The molecular weight excluding hydrogens is 292 g/mol. The van der Waals surface area contributed by atoms with Gasteiger partial charge < -0.3 is 9.57 Å². The summed E-state index contributed by atoms with van der Waals surface area (Å²) in [4.78, 5) is 28.9. The van der Waals surface area contributed by atoms with Crippen molar-refractivity contribution in [2.75, 3.05) is 13.7 Å². The van der Waals surface area contributed by atoms with E-state index >= 15 is 0 Å². The van der Waals surface area contributed by atoms with Crippen molar-refractivity contribution in [1.29, 1.82) is 0 Å². The van der Waals surface area contributed by atoms with E-state index in [1.54, 1.807) is 17.6 Å². The first-order valence-electron chi connectivity index (χ1n) is 6.45. The lowest BCUT2D eigenvalue weighted by Gasteiger charge is -1.98. The summed E-state index contributed by atoms with van der Waals surface area (Å²) >= 11 is 1.45. The lowest BCUT2D eigenvalue weighted by Crippen LogP contribution is -2.00. The third kappa shape index (κ3) is 5.47. The minimum atomic E-state index is -0.310. The zero-order valence-electron chi connectivity index (χ0n) is 12.2. The number of esters is 1. The third-order valence-electron chi connectivity index (χ3n) is 2.60. The molecule has 1 heterocycles. The van der Waals surface area contributed by atoms with E-state index in [0.717, 1.165) is 16.6 Å². The van der Waals surface area contributed by atoms with Gasteiger partial charge >= 0.3 is 5.97 Å². The highest BCUT2D eigenvalue weighted by Gasteiger charge is 2.10. The fourth-order valence-corrected chi connectivity index (χ4v) is 2.27. The number of methoxy groups -OCH3 is 1. The molecule has 0 amide bonds. The Morgan fingerprint density at radius 3 is 2.81 bits per heavy atom.